The van der Waals surface area contributed by atoms with Crippen molar-refractivity contribution in [2.75, 3.05) is 47.7 Å². The van der Waals surface area contributed by atoms with Crippen LogP contribution in [-0.4, -0.2) is 128 Å². The van der Waals surface area contributed by atoms with Crippen molar-refractivity contribution in [1.29, 1.82) is 0 Å². The molecule has 0 spiro atoms. The van der Waals surface area contributed by atoms with Crippen LogP contribution in [0.3, 0.4) is 0 Å². The van der Waals surface area contributed by atoms with Crippen LogP contribution in [0.15, 0.2) is 122 Å². The molecule has 2 fully saturated rings. The number of halogens is 4. The van der Waals surface area contributed by atoms with Crippen molar-refractivity contribution in [1.82, 2.24) is 65.4 Å². The van der Waals surface area contributed by atoms with Crippen LogP contribution in [0.4, 0.5) is 23.3 Å². The van der Waals surface area contributed by atoms with E-state index in [1.165, 1.54) is 36.9 Å². The van der Waals surface area contributed by atoms with E-state index in [4.69, 9.17) is 50.5 Å². The number of H-pyrrole nitrogens is 2. The molecule has 0 unspecified atom stereocenters. The highest BCUT2D eigenvalue weighted by molar-refractivity contribution is 9.09. The number of nitrogens with one attached hydrogen (secondary N) is 7. The van der Waals surface area contributed by atoms with Crippen LogP contribution < -0.4 is 32.3 Å². The molecule has 8 aromatic rings. The molecular formula is C56H59BrCl3N17O4. The van der Waals surface area contributed by atoms with Gasteiger partial charge in [0.05, 0.1) is 70.0 Å². The second-order valence-electron chi connectivity index (χ2n) is 19.3. The summed E-state index contributed by atoms with van der Waals surface area (Å²) in [7, 11) is 3.83. The Kier molecular flexibility index (Phi) is 21.2. The fourth-order valence-corrected chi connectivity index (χ4v) is 9.87. The van der Waals surface area contributed by atoms with E-state index in [1.807, 2.05) is 79.9 Å². The average Bonchev–Trinajstić information content (AvgIpc) is 4.35. The van der Waals surface area contributed by atoms with Crippen LogP contribution >= 0.6 is 50.7 Å². The van der Waals surface area contributed by atoms with Gasteiger partial charge in [0.15, 0.2) is 0 Å². The van der Waals surface area contributed by atoms with E-state index in [9.17, 15) is 19.2 Å². The maximum atomic E-state index is 12.8. The number of benzene rings is 2. The summed E-state index contributed by atoms with van der Waals surface area (Å²) in [6.07, 6.45) is 25.9. The topological polar surface area (TPSA) is 292 Å². The number of hydrogen-bond donors (Lipinski definition) is 8. The van der Waals surface area contributed by atoms with Gasteiger partial charge in [0.1, 0.15) is 0 Å². The van der Waals surface area contributed by atoms with Crippen LogP contribution in [0.1, 0.15) is 72.6 Å². The maximum Gasteiger partial charge on any atom is 0.289 e. The number of para-hydroxylation sites is 2. The number of carbonyl (C=O) groups excluding carboxylic acids is 4. The number of rotatable bonds is 16. The van der Waals surface area contributed by atoms with Gasteiger partial charge in [-0.25, -0.2) is 39.9 Å². The van der Waals surface area contributed by atoms with Crippen molar-refractivity contribution >= 4 is 119 Å². The maximum absolute atomic E-state index is 12.8. The minimum absolute atomic E-state index is 0.00490. The van der Waals surface area contributed by atoms with E-state index < -0.39 is 5.24 Å². The largest absolute Gasteiger partial charge is 0.396 e. The van der Waals surface area contributed by atoms with Gasteiger partial charge in [-0.2, -0.15) is 0 Å². The third-order valence-corrected chi connectivity index (χ3v) is 14.0. The third kappa shape index (κ3) is 17.1. The zero-order chi connectivity index (χ0) is 57.3. The molecule has 10 rings (SSSR count). The molecule has 0 aliphatic heterocycles. The number of aromatic nitrogens is 10. The van der Waals surface area contributed by atoms with E-state index in [0.717, 1.165) is 77.9 Å². The predicted octanol–water partition coefficient (Wildman–Crippen LogP) is 9.78. The monoisotopic (exact) mass is 1220 g/mol. The first-order valence-electron chi connectivity index (χ1n) is 26.0. The first kappa shape index (κ1) is 59.2. The van der Waals surface area contributed by atoms with E-state index in [-0.39, 0.29) is 53.5 Å². The van der Waals surface area contributed by atoms with Crippen LogP contribution in [0.5, 0.6) is 0 Å². The summed E-state index contributed by atoms with van der Waals surface area (Å²) < 4.78 is 0. The number of carbonyl (C=O) groups is 4. The number of allylic oxidation sites excluding steroid dienone is 2. The van der Waals surface area contributed by atoms with Gasteiger partial charge in [0.25, 0.3) is 11.8 Å². The summed E-state index contributed by atoms with van der Waals surface area (Å²) in [5.41, 5.74) is 11.6. The normalized spacial score (nSPS) is 17.0. The Hall–Kier alpha value is -7.89. The minimum Gasteiger partial charge on any atom is -0.396 e. The molecule has 4 atom stereocenters. The first-order valence-corrected chi connectivity index (χ1v) is 28.2. The molecule has 6 aromatic heterocycles. The van der Waals surface area contributed by atoms with Crippen LogP contribution in [0.25, 0.3) is 44.3 Å². The van der Waals surface area contributed by atoms with Gasteiger partial charge in [-0.1, -0.05) is 87.7 Å². The highest BCUT2D eigenvalue weighted by Crippen LogP contribution is 2.35. The SMILES string of the molecule is CN(C)C/C=C/C(=O)Nc1cnc(C(=O)N[C@H]2CCC[C@@H](Nc3ncc(Cl)c(-c4c[nH]c5ccccc45)n3)C2)nc1.Nc1cnc(C(=O)N[C@H]2CCC[C@@H](Nc3ncc(Cl)c(-c4c[nH]c5ccccc45)n3)C2)nc1.O=C(Cl)/C=C/CBr. The Bertz CT molecular complexity index is 3510. The number of nitrogens with zero attached hydrogens (tertiary/aromatic N) is 9. The molecule has 2 saturated carbocycles. The van der Waals surface area contributed by atoms with Crippen molar-refractivity contribution in [2.45, 2.75) is 75.5 Å². The highest BCUT2D eigenvalue weighted by atomic mass is 79.9. The number of anilines is 4. The molecule has 2 aliphatic rings. The Labute approximate surface area is 490 Å². The second kappa shape index (κ2) is 29.0. The molecule has 420 valence electrons. The van der Waals surface area contributed by atoms with Crippen molar-refractivity contribution in [3.63, 3.8) is 0 Å². The summed E-state index contributed by atoms with van der Waals surface area (Å²) in [4.78, 5) is 90.1. The number of aromatic amines is 2. The Morgan fingerprint density at radius 3 is 1.58 bits per heavy atom. The molecule has 2 aliphatic carbocycles. The van der Waals surface area contributed by atoms with Gasteiger partial charge in [-0.05, 0) is 95.3 Å². The fraction of sp³-hybridized carbons (Fsp3) is 0.286. The molecule has 9 N–H and O–H groups in total. The number of alkyl halides is 1. The highest BCUT2D eigenvalue weighted by Gasteiger charge is 2.27. The lowest BCUT2D eigenvalue weighted by Crippen LogP contribution is -2.42. The van der Waals surface area contributed by atoms with Gasteiger partial charge in [-0.3, -0.25) is 19.2 Å². The van der Waals surface area contributed by atoms with Crippen LogP contribution in [0.2, 0.25) is 10.0 Å². The molecule has 21 nitrogen and oxygen atoms in total. The molecular weight excluding hydrogens is 1160 g/mol. The summed E-state index contributed by atoms with van der Waals surface area (Å²) in [6.45, 7) is 0.652. The van der Waals surface area contributed by atoms with E-state index in [2.05, 4.69) is 82.4 Å². The number of nitrogen functional groups attached to an aromatic ring is 1. The fourth-order valence-electron chi connectivity index (χ4n) is 9.21. The summed E-state index contributed by atoms with van der Waals surface area (Å²) >= 11 is 20.9. The minimum atomic E-state index is -0.431. The summed E-state index contributed by atoms with van der Waals surface area (Å²) in [5.74, 6) is 0.220. The molecule has 2 aromatic carbocycles. The second-order valence-corrected chi connectivity index (χ2v) is 21.1. The Morgan fingerprint density at radius 2 is 1.12 bits per heavy atom. The van der Waals surface area contributed by atoms with Crippen molar-refractivity contribution in [3.05, 3.63) is 144 Å². The molecule has 0 radical (unpaired) electrons. The molecule has 6 heterocycles. The quantitative estimate of drug-likeness (QED) is 0.0254. The number of amides is 3. The van der Waals surface area contributed by atoms with Gasteiger partial charge < -0.3 is 47.2 Å². The van der Waals surface area contributed by atoms with Crippen LogP contribution in [0, 0.1) is 0 Å². The third-order valence-electron chi connectivity index (χ3n) is 12.9. The van der Waals surface area contributed by atoms with Crippen LogP contribution in [-0.2, 0) is 9.59 Å². The zero-order valence-corrected chi connectivity index (χ0v) is 48.0. The summed E-state index contributed by atoms with van der Waals surface area (Å²) in [6, 6.07) is 16.1. The molecule has 3 amide bonds. The number of nitrogens with two attached hydrogens (primary N) is 1. The molecule has 0 saturated heterocycles. The van der Waals surface area contributed by atoms with E-state index >= 15 is 0 Å². The number of fused-ring (bicyclic) bond motifs is 2. The lowest BCUT2D eigenvalue weighted by molar-refractivity contribution is -0.112. The average molecular weight is 1220 g/mol. The predicted molar refractivity (Wildman–Crippen MR) is 322 cm³/mol. The standard InChI is InChI=1S/C29H32ClN9O2.C23H23ClN8O.C4H4BrClO/c1-39(2)12-6-11-25(40)35-20-14-32-27(33-15-20)28(41)36-18-7-5-8-19(13-18)37-29-34-17-23(30)26(38-29)22-16-31-24-10-4-3-9-21(22)24;24-18-12-29-23(32-20(18)17-11-26-19-7-2-1-6-16(17)19)31-15-5-3-4-14(8-15)30-22(33)21-27-9-13(25)10-28-21;5-3-1-2-4(6)7/h3-4,6,9-11,14-19,31H,5,7-8,12-13H2,1-2H3,(H,35,40)(H,36,41)(H,34,37,38);1-2,6-7,9-12,14-15,26H,3-5,8,25H2,(H,30,33)(H,29,31,32);1-2H,3H2/b11-6+;;2-1+/t18-,19+;14-,15+;/m00./s1. The Balaban J connectivity index is 0.000000193. The van der Waals surface area contributed by atoms with Gasteiger partial charge in [-0.15, -0.1) is 0 Å². The number of hydrogen-bond acceptors (Lipinski definition) is 16. The lowest BCUT2D eigenvalue weighted by atomic mass is 9.91. The van der Waals surface area contributed by atoms with Crippen molar-refractivity contribution < 1.29 is 19.2 Å². The van der Waals surface area contributed by atoms with Gasteiger partial charge in [0, 0.05) is 87.4 Å². The van der Waals surface area contributed by atoms with Gasteiger partial charge >= 0.3 is 0 Å². The van der Waals surface area contributed by atoms with Crippen molar-refractivity contribution in [3.8, 4) is 22.5 Å². The molecule has 0 bridgehead atoms. The smallest absolute Gasteiger partial charge is 0.289 e. The van der Waals surface area contributed by atoms with Crippen molar-refractivity contribution in [2.24, 2.45) is 0 Å². The van der Waals surface area contributed by atoms with Gasteiger partial charge in [0.2, 0.25) is 34.7 Å². The number of likely N-dealkylation sites (N-methyl/N-ethyl adjacent to an activating group) is 1. The lowest BCUT2D eigenvalue weighted by Gasteiger charge is -2.30. The Morgan fingerprint density at radius 1 is 0.654 bits per heavy atom. The molecule has 81 heavy (non-hydrogen) atoms. The van der Waals surface area contributed by atoms with E-state index in [1.54, 1.807) is 24.5 Å². The molecule has 25 heteroatoms. The first-order chi connectivity index (χ1) is 39.2. The van der Waals surface area contributed by atoms with E-state index in [0.29, 0.717) is 63.0 Å². The summed E-state index contributed by atoms with van der Waals surface area (Å²) in [5, 5.41) is 18.9. The zero-order valence-electron chi connectivity index (χ0n) is 44.2.